The van der Waals surface area contributed by atoms with E-state index < -0.39 is 10.0 Å². The van der Waals surface area contributed by atoms with E-state index in [2.05, 4.69) is 0 Å². The summed E-state index contributed by atoms with van der Waals surface area (Å²) in [4.78, 5) is 0.0940. The molecule has 2 aromatic rings. The summed E-state index contributed by atoms with van der Waals surface area (Å²) in [5.74, 6) is 0.670. The molecular formula is C14H17NO4S. The van der Waals surface area contributed by atoms with Gasteiger partial charge in [-0.05, 0) is 42.0 Å². The molecule has 5 nitrogen and oxygen atoms in total. The molecule has 0 aromatic heterocycles. The summed E-state index contributed by atoms with van der Waals surface area (Å²) >= 11 is 0. The van der Waals surface area contributed by atoms with E-state index in [0.717, 1.165) is 10.8 Å². The lowest BCUT2D eigenvalue weighted by Crippen LogP contribution is -2.11. The molecule has 2 aromatic carbocycles. The van der Waals surface area contributed by atoms with Crippen molar-refractivity contribution in [1.29, 1.82) is 0 Å². The van der Waals surface area contributed by atoms with Gasteiger partial charge in [0.15, 0.2) is 0 Å². The molecule has 0 radical (unpaired) electrons. The number of fused-ring (bicyclic) bond motifs is 1. The number of benzene rings is 2. The van der Waals surface area contributed by atoms with E-state index in [0.29, 0.717) is 25.6 Å². The predicted octanol–water partition coefficient (Wildman–Crippen LogP) is 1.90. The van der Waals surface area contributed by atoms with Gasteiger partial charge in [-0.1, -0.05) is 12.1 Å². The molecule has 0 amide bonds. The van der Waals surface area contributed by atoms with Crippen molar-refractivity contribution < 1.29 is 17.9 Å². The van der Waals surface area contributed by atoms with Crippen molar-refractivity contribution in [1.82, 2.24) is 0 Å². The summed E-state index contributed by atoms with van der Waals surface area (Å²) in [6.45, 7) is 3.55. The first kappa shape index (κ1) is 14.8. The molecule has 0 atom stereocenters. The van der Waals surface area contributed by atoms with Crippen molar-refractivity contribution in [2.75, 3.05) is 19.8 Å². The molecule has 0 aliphatic carbocycles. The van der Waals surface area contributed by atoms with Crippen LogP contribution in [-0.4, -0.2) is 28.2 Å². The Hall–Kier alpha value is -1.63. The van der Waals surface area contributed by atoms with Crippen LogP contribution in [0.1, 0.15) is 6.92 Å². The van der Waals surface area contributed by atoms with E-state index in [1.807, 2.05) is 19.1 Å². The standard InChI is InChI=1S/C14H17NO4S/c1-2-18-7-8-19-13-5-3-11-4-6-14(20(15,16)17)10-12(11)9-13/h3-6,9-10H,2,7-8H2,1H3,(H2,15,16,17). The van der Waals surface area contributed by atoms with Crippen LogP contribution in [-0.2, 0) is 14.8 Å². The van der Waals surface area contributed by atoms with Gasteiger partial charge in [0.1, 0.15) is 12.4 Å². The van der Waals surface area contributed by atoms with Crippen LogP contribution in [0.5, 0.6) is 5.75 Å². The summed E-state index contributed by atoms with van der Waals surface area (Å²) in [6.07, 6.45) is 0. The average Bonchev–Trinajstić information content (AvgIpc) is 2.42. The Morgan fingerprint density at radius 3 is 2.50 bits per heavy atom. The number of sulfonamides is 1. The molecule has 0 spiro atoms. The van der Waals surface area contributed by atoms with E-state index >= 15 is 0 Å². The second kappa shape index (κ2) is 6.21. The van der Waals surface area contributed by atoms with Crippen molar-refractivity contribution in [3.63, 3.8) is 0 Å². The minimum atomic E-state index is -3.69. The SMILES string of the molecule is CCOCCOc1ccc2ccc(S(N)(=O)=O)cc2c1. The lowest BCUT2D eigenvalue weighted by Gasteiger charge is -2.08. The number of ether oxygens (including phenoxy) is 2. The fourth-order valence-corrected chi connectivity index (χ4v) is 2.38. The second-order valence-corrected chi connectivity index (χ2v) is 5.82. The molecule has 0 unspecified atom stereocenters. The third-order valence-electron chi connectivity index (χ3n) is 2.81. The van der Waals surface area contributed by atoms with Gasteiger partial charge >= 0.3 is 0 Å². The number of rotatable bonds is 6. The highest BCUT2D eigenvalue weighted by atomic mass is 32.2. The maximum absolute atomic E-state index is 11.3. The van der Waals surface area contributed by atoms with E-state index in [9.17, 15) is 8.42 Å². The third kappa shape index (κ3) is 3.69. The molecule has 0 fully saturated rings. The fraction of sp³-hybridized carbons (Fsp3) is 0.286. The first-order valence-corrected chi connectivity index (χ1v) is 7.82. The predicted molar refractivity (Wildman–Crippen MR) is 77.3 cm³/mol. The third-order valence-corrected chi connectivity index (χ3v) is 3.72. The molecule has 0 heterocycles. The van der Waals surface area contributed by atoms with Gasteiger partial charge in [-0.25, -0.2) is 13.6 Å². The highest BCUT2D eigenvalue weighted by Gasteiger charge is 2.08. The minimum Gasteiger partial charge on any atom is -0.491 e. The van der Waals surface area contributed by atoms with Crippen LogP contribution in [0.3, 0.4) is 0 Å². The van der Waals surface area contributed by atoms with Gasteiger partial charge < -0.3 is 9.47 Å². The Bertz CT molecular complexity index is 697. The summed E-state index contributed by atoms with van der Waals surface area (Å²) in [5, 5.41) is 6.82. The largest absolute Gasteiger partial charge is 0.491 e. The maximum Gasteiger partial charge on any atom is 0.238 e. The Morgan fingerprint density at radius 1 is 1.05 bits per heavy atom. The monoisotopic (exact) mass is 295 g/mol. The normalized spacial score (nSPS) is 11.7. The summed E-state index contributed by atoms with van der Waals surface area (Å²) < 4.78 is 33.4. The Labute approximate surface area is 118 Å². The maximum atomic E-state index is 11.3. The van der Waals surface area contributed by atoms with E-state index in [1.54, 1.807) is 18.2 Å². The van der Waals surface area contributed by atoms with Gasteiger partial charge in [-0.2, -0.15) is 0 Å². The minimum absolute atomic E-state index is 0.0940. The average molecular weight is 295 g/mol. The van der Waals surface area contributed by atoms with Gasteiger partial charge in [0.05, 0.1) is 11.5 Å². The Morgan fingerprint density at radius 2 is 1.80 bits per heavy atom. The fourth-order valence-electron chi connectivity index (χ4n) is 1.83. The summed E-state index contributed by atoms with van der Waals surface area (Å²) in [5.41, 5.74) is 0. The molecule has 6 heteroatoms. The number of primary sulfonamides is 1. The van der Waals surface area contributed by atoms with Crippen molar-refractivity contribution in [3.05, 3.63) is 36.4 Å². The van der Waals surface area contributed by atoms with Crippen molar-refractivity contribution in [3.8, 4) is 5.75 Å². The Balaban J connectivity index is 2.23. The van der Waals surface area contributed by atoms with Crippen molar-refractivity contribution in [2.24, 2.45) is 5.14 Å². The van der Waals surface area contributed by atoms with E-state index in [-0.39, 0.29) is 4.90 Å². The lowest BCUT2D eigenvalue weighted by molar-refractivity contribution is 0.110. The van der Waals surface area contributed by atoms with E-state index in [4.69, 9.17) is 14.6 Å². The van der Waals surface area contributed by atoms with Gasteiger partial charge in [0.25, 0.3) is 0 Å². The molecular weight excluding hydrogens is 278 g/mol. The van der Waals surface area contributed by atoms with Gasteiger partial charge in [0.2, 0.25) is 10.0 Å². The molecule has 108 valence electrons. The number of hydrogen-bond donors (Lipinski definition) is 1. The second-order valence-electron chi connectivity index (χ2n) is 4.26. The highest BCUT2D eigenvalue weighted by molar-refractivity contribution is 7.89. The van der Waals surface area contributed by atoms with Crippen molar-refractivity contribution >= 4 is 20.8 Å². The van der Waals surface area contributed by atoms with Gasteiger partial charge in [-0.15, -0.1) is 0 Å². The zero-order chi connectivity index (χ0) is 14.6. The first-order chi connectivity index (χ1) is 9.50. The molecule has 0 bridgehead atoms. The molecule has 0 aliphatic rings. The lowest BCUT2D eigenvalue weighted by atomic mass is 10.1. The zero-order valence-electron chi connectivity index (χ0n) is 11.2. The number of nitrogens with two attached hydrogens (primary N) is 1. The molecule has 2 rings (SSSR count). The first-order valence-electron chi connectivity index (χ1n) is 6.28. The Kier molecular flexibility index (Phi) is 4.59. The molecule has 0 saturated heterocycles. The van der Waals surface area contributed by atoms with Crippen LogP contribution >= 0.6 is 0 Å². The summed E-state index contributed by atoms with van der Waals surface area (Å²) in [6, 6.07) is 10.3. The van der Waals surface area contributed by atoms with Crippen LogP contribution in [0.2, 0.25) is 0 Å². The highest BCUT2D eigenvalue weighted by Crippen LogP contribution is 2.23. The topological polar surface area (TPSA) is 78.6 Å². The molecule has 20 heavy (non-hydrogen) atoms. The van der Waals surface area contributed by atoms with Crippen molar-refractivity contribution in [2.45, 2.75) is 11.8 Å². The van der Waals surface area contributed by atoms with Crippen LogP contribution < -0.4 is 9.88 Å². The van der Waals surface area contributed by atoms with E-state index in [1.165, 1.54) is 6.07 Å². The smallest absolute Gasteiger partial charge is 0.238 e. The quantitative estimate of drug-likeness (QED) is 0.826. The zero-order valence-corrected chi connectivity index (χ0v) is 12.0. The van der Waals surface area contributed by atoms with Crippen LogP contribution in [0.25, 0.3) is 10.8 Å². The van der Waals surface area contributed by atoms with Gasteiger partial charge in [-0.3, -0.25) is 0 Å². The molecule has 2 N–H and O–H groups in total. The van der Waals surface area contributed by atoms with Crippen LogP contribution in [0.15, 0.2) is 41.3 Å². The number of hydrogen-bond acceptors (Lipinski definition) is 4. The van der Waals surface area contributed by atoms with Crippen LogP contribution in [0, 0.1) is 0 Å². The van der Waals surface area contributed by atoms with Gasteiger partial charge in [0, 0.05) is 6.61 Å². The van der Waals surface area contributed by atoms with Crippen LogP contribution in [0.4, 0.5) is 0 Å². The molecule has 0 aliphatic heterocycles. The summed E-state index contributed by atoms with van der Waals surface area (Å²) in [7, 11) is -3.69. The molecule has 0 saturated carbocycles.